The average molecular weight is 700 g/mol. The van der Waals surface area contributed by atoms with E-state index in [-0.39, 0.29) is 0 Å². The molecule has 0 N–H and O–H groups in total. The van der Waals surface area contributed by atoms with Gasteiger partial charge in [0, 0.05) is 54.3 Å². The number of hydrogen-bond acceptors (Lipinski definition) is 4. The molecule has 5 heteroatoms. The molecule has 4 nitrogen and oxygen atoms in total. The summed E-state index contributed by atoms with van der Waals surface area (Å²) >= 11 is 2.02. The lowest BCUT2D eigenvalue weighted by Gasteiger charge is -2.27. The minimum absolute atomic E-state index is 0.389. The van der Waals surface area contributed by atoms with Crippen molar-refractivity contribution in [2.24, 2.45) is 0 Å². The van der Waals surface area contributed by atoms with Crippen LogP contribution >= 0.6 is 11.8 Å². The fourth-order valence-corrected chi connectivity index (χ4v) is 10.9. The number of rotatable bonds is 3. The lowest BCUT2D eigenvalue weighted by Crippen LogP contribution is -2.35. The Morgan fingerprint density at radius 1 is 0.736 bits per heavy atom. The first-order valence-corrected chi connectivity index (χ1v) is 19.6. The van der Waals surface area contributed by atoms with Gasteiger partial charge in [-0.05, 0) is 77.4 Å². The number of allylic oxidation sites excluding steroid dienone is 4. The van der Waals surface area contributed by atoms with Crippen LogP contribution in [0.2, 0.25) is 0 Å². The zero-order valence-corrected chi connectivity index (χ0v) is 29.7. The molecule has 0 radical (unpaired) electrons. The van der Waals surface area contributed by atoms with E-state index in [1.54, 1.807) is 0 Å². The van der Waals surface area contributed by atoms with Gasteiger partial charge in [0.1, 0.15) is 11.1 Å². The minimum Gasteiger partial charge on any atom is -0.454 e. The van der Waals surface area contributed by atoms with E-state index in [0.717, 1.165) is 75.0 Å². The van der Waals surface area contributed by atoms with Gasteiger partial charge in [0.25, 0.3) is 0 Å². The molecule has 3 aliphatic carbocycles. The van der Waals surface area contributed by atoms with E-state index in [4.69, 9.17) is 14.4 Å². The molecule has 252 valence electrons. The van der Waals surface area contributed by atoms with Crippen molar-refractivity contribution in [2.75, 3.05) is 0 Å². The molecule has 0 amide bonds. The van der Waals surface area contributed by atoms with Crippen LogP contribution in [0.15, 0.2) is 142 Å². The van der Waals surface area contributed by atoms with Gasteiger partial charge < -0.3 is 4.42 Å². The highest BCUT2D eigenvalue weighted by molar-refractivity contribution is 8.00. The highest BCUT2D eigenvalue weighted by Gasteiger charge is 2.37. The second kappa shape index (κ2) is 11.3. The van der Waals surface area contributed by atoms with Crippen molar-refractivity contribution >= 4 is 73.6 Å². The summed E-state index contributed by atoms with van der Waals surface area (Å²) in [6, 6.07) is 37.0. The predicted molar refractivity (Wildman–Crippen MR) is 219 cm³/mol. The second-order valence-electron chi connectivity index (χ2n) is 14.6. The zero-order valence-electron chi connectivity index (χ0n) is 28.9. The van der Waals surface area contributed by atoms with Crippen molar-refractivity contribution < 1.29 is 4.42 Å². The van der Waals surface area contributed by atoms with Crippen LogP contribution in [0.5, 0.6) is 0 Å². The van der Waals surface area contributed by atoms with Gasteiger partial charge >= 0.3 is 0 Å². The highest BCUT2D eigenvalue weighted by Crippen LogP contribution is 2.53. The molecule has 1 aliphatic heterocycles. The molecule has 0 fully saturated rings. The van der Waals surface area contributed by atoms with Crippen LogP contribution in [0.25, 0.3) is 79.0 Å². The van der Waals surface area contributed by atoms with Crippen LogP contribution < -0.4 is 10.6 Å². The smallest absolute Gasteiger partial charge is 0.235 e. The number of para-hydroxylation sites is 1. The van der Waals surface area contributed by atoms with Crippen LogP contribution in [0.4, 0.5) is 0 Å². The first-order chi connectivity index (χ1) is 26.3. The number of benzene rings is 5. The number of furan rings is 1. The average Bonchev–Trinajstić information content (AvgIpc) is 3.90. The fourth-order valence-electron chi connectivity index (χ4n) is 9.36. The van der Waals surface area contributed by atoms with Gasteiger partial charge in [0.2, 0.25) is 5.95 Å². The van der Waals surface area contributed by atoms with E-state index in [2.05, 4.69) is 144 Å². The molecule has 4 aliphatic rings. The van der Waals surface area contributed by atoms with Gasteiger partial charge in [-0.2, -0.15) is 0 Å². The molecule has 4 heterocycles. The largest absolute Gasteiger partial charge is 0.454 e. The molecule has 3 aromatic heterocycles. The summed E-state index contributed by atoms with van der Waals surface area (Å²) in [6.07, 6.45) is 17.9. The van der Waals surface area contributed by atoms with Crippen LogP contribution in [0, 0.1) is 0 Å². The lowest BCUT2D eigenvalue weighted by atomic mass is 9.81. The predicted octanol–water partition coefficient (Wildman–Crippen LogP) is 10.6. The molecular formula is C48H33N3OS. The molecule has 53 heavy (non-hydrogen) atoms. The summed E-state index contributed by atoms with van der Waals surface area (Å²) in [7, 11) is 0. The molecule has 0 saturated heterocycles. The van der Waals surface area contributed by atoms with Gasteiger partial charge in [0.05, 0.1) is 11.0 Å². The van der Waals surface area contributed by atoms with Crippen LogP contribution in [-0.2, 0) is 6.42 Å². The monoisotopic (exact) mass is 699 g/mol. The van der Waals surface area contributed by atoms with E-state index in [1.807, 2.05) is 11.8 Å². The van der Waals surface area contributed by atoms with Crippen molar-refractivity contribution in [3.8, 4) is 17.2 Å². The van der Waals surface area contributed by atoms with E-state index in [1.165, 1.54) is 49.0 Å². The Labute approximate surface area is 310 Å². The molecule has 0 bridgehead atoms. The van der Waals surface area contributed by atoms with Crippen LogP contribution in [-0.4, -0.2) is 19.8 Å². The third-order valence-corrected chi connectivity index (χ3v) is 13.2. The summed E-state index contributed by atoms with van der Waals surface area (Å²) in [4.78, 5) is 12.4. The Bertz CT molecular complexity index is 3120. The van der Waals surface area contributed by atoms with E-state index in [9.17, 15) is 0 Å². The SMILES string of the molecule is C1=CC2c3ccccc3SC2C(C2=Cc3c(n(-c4nc(-c5cccc6ccccc56)c5c(n4)=CCCC=5)c4c3ccc3c5ccccc5oc34)CC2)=C1. The number of hydrogen-bond donors (Lipinski definition) is 0. The van der Waals surface area contributed by atoms with Crippen molar-refractivity contribution in [3.05, 3.63) is 160 Å². The summed E-state index contributed by atoms with van der Waals surface area (Å²) in [6.45, 7) is 0. The third kappa shape index (κ3) is 4.32. The number of fused-ring (bicyclic) bond motifs is 12. The Kier molecular flexibility index (Phi) is 6.32. The van der Waals surface area contributed by atoms with Crippen molar-refractivity contribution in [1.29, 1.82) is 0 Å². The molecule has 2 unspecified atom stereocenters. The van der Waals surface area contributed by atoms with Crippen LogP contribution in [0.3, 0.4) is 0 Å². The topological polar surface area (TPSA) is 43.9 Å². The normalized spacial score (nSPS) is 18.6. The Balaban J connectivity index is 1.13. The van der Waals surface area contributed by atoms with Gasteiger partial charge in [-0.25, -0.2) is 9.97 Å². The fraction of sp³-hybridized carbons (Fsp3) is 0.125. The Hall–Kier alpha value is -5.91. The van der Waals surface area contributed by atoms with Gasteiger partial charge in [0.15, 0.2) is 5.58 Å². The maximum absolute atomic E-state index is 6.79. The summed E-state index contributed by atoms with van der Waals surface area (Å²) in [5.74, 6) is 1.11. The van der Waals surface area contributed by atoms with Crippen molar-refractivity contribution in [3.63, 3.8) is 0 Å². The van der Waals surface area contributed by atoms with Crippen molar-refractivity contribution in [1.82, 2.24) is 14.5 Å². The highest BCUT2D eigenvalue weighted by atomic mass is 32.2. The quantitative estimate of drug-likeness (QED) is 0.184. The summed E-state index contributed by atoms with van der Waals surface area (Å²) in [5.41, 5.74) is 11.8. The van der Waals surface area contributed by atoms with Gasteiger partial charge in [-0.3, -0.25) is 4.57 Å². The van der Waals surface area contributed by atoms with Gasteiger partial charge in [-0.15, -0.1) is 11.8 Å². The van der Waals surface area contributed by atoms with Gasteiger partial charge in [-0.1, -0.05) is 115 Å². The molecule has 12 rings (SSSR count). The second-order valence-corrected chi connectivity index (χ2v) is 15.8. The lowest BCUT2D eigenvalue weighted by molar-refractivity contribution is 0.669. The van der Waals surface area contributed by atoms with Crippen LogP contribution in [0.1, 0.15) is 42.0 Å². The molecule has 0 saturated carbocycles. The first kappa shape index (κ1) is 29.6. The molecule has 8 aromatic rings. The molecule has 5 aromatic carbocycles. The van der Waals surface area contributed by atoms with E-state index < -0.39 is 0 Å². The maximum Gasteiger partial charge on any atom is 0.235 e. The summed E-state index contributed by atoms with van der Waals surface area (Å²) in [5, 5.41) is 8.35. The summed E-state index contributed by atoms with van der Waals surface area (Å²) < 4.78 is 9.14. The minimum atomic E-state index is 0.389. The van der Waals surface area contributed by atoms with Crippen molar-refractivity contribution in [2.45, 2.75) is 41.7 Å². The van der Waals surface area contributed by atoms with E-state index in [0.29, 0.717) is 17.1 Å². The molecule has 2 atom stereocenters. The Morgan fingerprint density at radius 3 is 2.55 bits per heavy atom. The number of aromatic nitrogens is 3. The van der Waals surface area contributed by atoms with E-state index >= 15 is 0 Å². The standard InChI is InChI=1S/C48H33N3OS/c1-2-13-30-28(11-1)12-9-18-34(30)44-38-16-3-6-20-40(38)49-48(50-44)51-41-26-23-29(31-17-10-19-37-33-15-5-8-22-43(33)53-47(31)37)27-39(41)35-24-25-36-32-14-4-7-21-42(32)52-46(36)45(35)51/h1-2,4-5,7-22,24-25,27,37,47H,3,6,23,26H2. The zero-order chi connectivity index (χ0) is 34.6. The number of nitrogens with zero attached hydrogens (tertiary/aromatic N) is 3. The number of thioether (sulfide) groups is 1. The molecule has 0 spiro atoms. The maximum atomic E-state index is 6.79. The first-order valence-electron chi connectivity index (χ1n) is 18.7. The Morgan fingerprint density at radius 2 is 1.57 bits per heavy atom. The third-order valence-electron chi connectivity index (χ3n) is 11.8. The molecular weight excluding hydrogens is 667 g/mol.